The van der Waals surface area contributed by atoms with Crippen molar-refractivity contribution in [2.24, 2.45) is 0 Å². The van der Waals surface area contributed by atoms with E-state index in [1.54, 1.807) is 0 Å². The van der Waals surface area contributed by atoms with Gasteiger partial charge in [0.05, 0.1) is 12.3 Å². The molecular weight excluding hydrogens is 294 g/mol. The van der Waals surface area contributed by atoms with Gasteiger partial charge in [0.2, 0.25) is 11.8 Å². The second-order valence-corrected chi connectivity index (χ2v) is 5.50. The highest BCUT2D eigenvalue weighted by Crippen LogP contribution is 2.28. The third kappa shape index (κ3) is 4.87. The van der Waals surface area contributed by atoms with Crippen LogP contribution in [0.15, 0.2) is 24.3 Å². The van der Waals surface area contributed by atoms with Crippen LogP contribution in [0.25, 0.3) is 0 Å². The van der Waals surface area contributed by atoms with Crippen molar-refractivity contribution in [3.63, 3.8) is 0 Å². The highest BCUT2D eigenvalue weighted by atomic mass is 16.5. The summed E-state index contributed by atoms with van der Waals surface area (Å²) in [6.07, 6.45) is 0.356. The molecule has 1 N–H and O–H groups in total. The molecule has 1 heterocycles. The molecule has 0 bridgehead atoms. The molecule has 0 aromatic heterocycles. The fourth-order valence-electron chi connectivity index (χ4n) is 2.70. The number of carbonyl (C=O) groups excluding carboxylic acids is 2. The van der Waals surface area contributed by atoms with E-state index in [-0.39, 0.29) is 11.8 Å². The van der Waals surface area contributed by atoms with Gasteiger partial charge in [-0.3, -0.25) is 9.59 Å². The number of piperazine rings is 1. The molecule has 0 radical (unpaired) electrons. The fraction of sp³-hybridized carbons (Fsp3) is 0.529. The summed E-state index contributed by atoms with van der Waals surface area (Å²) in [7, 11) is 0. The van der Waals surface area contributed by atoms with Gasteiger partial charge in [0.1, 0.15) is 5.75 Å². The Labute approximate surface area is 137 Å². The molecule has 1 saturated heterocycles. The van der Waals surface area contributed by atoms with E-state index >= 15 is 0 Å². The van der Waals surface area contributed by atoms with Crippen molar-refractivity contribution in [3.8, 4) is 5.75 Å². The van der Waals surface area contributed by atoms with E-state index in [0.29, 0.717) is 32.7 Å². The molecule has 23 heavy (non-hydrogen) atoms. The summed E-state index contributed by atoms with van der Waals surface area (Å²) in [5.74, 6) is 0.882. The predicted molar refractivity (Wildman–Crippen MR) is 89.7 cm³/mol. The molecule has 1 aliphatic heterocycles. The molecule has 126 valence electrons. The summed E-state index contributed by atoms with van der Waals surface area (Å²) in [5, 5.41) is 2.66. The first-order chi connectivity index (χ1) is 11.1. The van der Waals surface area contributed by atoms with E-state index in [2.05, 4.69) is 16.3 Å². The maximum Gasteiger partial charge on any atom is 0.224 e. The van der Waals surface area contributed by atoms with Gasteiger partial charge in [-0.2, -0.15) is 0 Å². The zero-order chi connectivity index (χ0) is 16.7. The van der Waals surface area contributed by atoms with Gasteiger partial charge in [-0.15, -0.1) is 0 Å². The van der Waals surface area contributed by atoms with Crippen molar-refractivity contribution in [3.05, 3.63) is 24.3 Å². The lowest BCUT2D eigenvalue weighted by Crippen LogP contribution is -2.49. The minimum absolute atomic E-state index is 0.0940. The molecule has 6 heteroatoms. The van der Waals surface area contributed by atoms with E-state index in [9.17, 15) is 9.59 Å². The Balaban J connectivity index is 1.86. The largest absolute Gasteiger partial charge is 0.492 e. The van der Waals surface area contributed by atoms with Crippen LogP contribution in [0.1, 0.15) is 20.3 Å². The minimum Gasteiger partial charge on any atom is -0.492 e. The van der Waals surface area contributed by atoms with Crippen LogP contribution in [-0.2, 0) is 9.59 Å². The van der Waals surface area contributed by atoms with Gasteiger partial charge in [0.25, 0.3) is 0 Å². The van der Waals surface area contributed by atoms with E-state index in [4.69, 9.17) is 4.74 Å². The summed E-state index contributed by atoms with van der Waals surface area (Å²) in [5.41, 5.74) is 1.08. The molecule has 2 rings (SSSR count). The lowest BCUT2D eigenvalue weighted by atomic mass is 10.2. The number of nitrogens with one attached hydrogen (secondary N) is 1. The third-order valence-electron chi connectivity index (χ3n) is 3.85. The van der Waals surface area contributed by atoms with Crippen molar-refractivity contribution < 1.29 is 14.3 Å². The van der Waals surface area contributed by atoms with Crippen LogP contribution in [-0.4, -0.2) is 56.0 Å². The molecule has 1 aromatic carbocycles. The molecule has 0 aliphatic carbocycles. The number of ether oxygens (including phenoxy) is 1. The SMILES string of the molecule is CCOc1ccccc1N1CCN(C(=O)CCNC(C)=O)CC1. The zero-order valence-corrected chi connectivity index (χ0v) is 13.9. The molecule has 0 unspecified atom stereocenters. The second kappa shape index (κ2) is 8.41. The molecule has 0 spiro atoms. The lowest BCUT2D eigenvalue weighted by molar-refractivity contribution is -0.131. The van der Waals surface area contributed by atoms with Crippen LogP contribution in [0.3, 0.4) is 0 Å². The van der Waals surface area contributed by atoms with E-state index < -0.39 is 0 Å². The quantitative estimate of drug-likeness (QED) is 0.857. The number of nitrogens with zero attached hydrogens (tertiary/aromatic N) is 2. The first-order valence-electron chi connectivity index (χ1n) is 8.10. The Bertz CT molecular complexity index is 540. The normalized spacial score (nSPS) is 14.5. The standard InChI is InChI=1S/C17H25N3O3/c1-3-23-16-7-5-4-6-15(16)19-10-12-20(13-11-19)17(22)8-9-18-14(2)21/h4-7H,3,8-13H2,1-2H3,(H,18,21). The van der Waals surface area contributed by atoms with Gasteiger partial charge in [-0.05, 0) is 19.1 Å². The Morgan fingerprint density at radius 1 is 1.17 bits per heavy atom. The topological polar surface area (TPSA) is 61.9 Å². The van der Waals surface area contributed by atoms with Gasteiger partial charge < -0.3 is 19.9 Å². The predicted octanol–water partition coefficient (Wildman–Crippen LogP) is 1.26. The number of benzene rings is 1. The third-order valence-corrected chi connectivity index (χ3v) is 3.85. The molecule has 6 nitrogen and oxygen atoms in total. The van der Waals surface area contributed by atoms with Crippen LogP contribution in [0.5, 0.6) is 5.75 Å². The van der Waals surface area contributed by atoms with Crippen LogP contribution in [0, 0.1) is 0 Å². The average Bonchev–Trinajstić information content (AvgIpc) is 2.55. The van der Waals surface area contributed by atoms with Gasteiger partial charge >= 0.3 is 0 Å². The van der Waals surface area contributed by atoms with Gasteiger partial charge in [0, 0.05) is 46.1 Å². The summed E-state index contributed by atoms with van der Waals surface area (Å²) < 4.78 is 5.68. The number of anilines is 1. The van der Waals surface area contributed by atoms with Crippen LogP contribution >= 0.6 is 0 Å². The molecule has 2 amide bonds. The second-order valence-electron chi connectivity index (χ2n) is 5.50. The Hall–Kier alpha value is -2.24. The molecule has 1 aliphatic rings. The van der Waals surface area contributed by atoms with Crippen molar-refractivity contribution in [1.82, 2.24) is 10.2 Å². The molecule has 1 fully saturated rings. The number of hydrogen-bond acceptors (Lipinski definition) is 4. The van der Waals surface area contributed by atoms with Crippen molar-refractivity contribution in [2.75, 3.05) is 44.2 Å². The number of hydrogen-bond donors (Lipinski definition) is 1. The van der Waals surface area contributed by atoms with Crippen LogP contribution in [0.2, 0.25) is 0 Å². The van der Waals surface area contributed by atoms with Crippen LogP contribution in [0.4, 0.5) is 5.69 Å². The molecule has 0 saturated carbocycles. The molecule has 0 atom stereocenters. The Kier molecular flexibility index (Phi) is 6.26. The highest BCUT2D eigenvalue weighted by molar-refractivity contribution is 5.78. The fourth-order valence-corrected chi connectivity index (χ4v) is 2.70. The molecular formula is C17H25N3O3. The zero-order valence-electron chi connectivity index (χ0n) is 13.9. The van der Waals surface area contributed by atoms with Crippen LogP contribution < -0.4 is 15.0 Å². The van der Waals surface area contributed by atoms with Crippen molar-refractivity contribution >= 4 is 17.5 Å². The van der Waals surface area contributed by atoms with Gasteiger partial charge in [0.15, 0.2) is 0 Å². The van der Waals surface area contributed by atoms with E-state index in [1.165, 1.54) is 6.92 Å². The van der Waals surface area contributed by atoms with E-state index in [1.807, 2.05) is 30.0 Å². The number of rotatable bonds is 6. The maximum absolute atomic E-state index is 12.1. The summed E-state index contributed by atoms with van der Waals surface area (Å²) in [6, 6.07) is 8.00. The van der Waals surface area contributed by atoms with E-state index in [0.717, 1.165) is 24.5 Å². The number of amides is 2. The maximum atomic E-state index is 12.1. The number of carbonyl (C=O) groups is 2. The van der Waals surface area contributed by atoms with Crippen molar-refractivity contribution in [2.45, 2.75) is 20.3 Å². The summed E-state index contributed by atoms with van der Waals surface area (Å²) >= 11 is 0. The Morgan fingerprint density at radius 3 is 2.52 bits per heavy atom. The molecule has 1 aromatic rings. The summed E-state index contributed by atoms with van der Waals surface area (Å²) in [4.78, 5) is 27.1. The lowest BCUT2D eigenvalue weighted by Gasteiger charge is -2.36. The number of para-hydroxylation sites is 2. The highest BCUT2D eigenvalue weighted by Gasteiger charge is 2.22. The first kappa shape index (κ1) is 17.1. The average molecular weight is 319 g/mol. The van der Waals surface area contributed by atoms with Crippen molar-refractivity contribution in [1.29, 1.82) is 0 Å². The van der Waals surface area contributed by atoms with Gasteiger partial charge in [-0.25, -0.2) is 0 Å². The first-order valence-corrected chi connectivity index (χ1v) is 8.10. The van der Waals surface area contributed by atoms with Gasteiger partial charge in [-0.1, -0.05) is 12.1 Å². The monoisotopic (exact) mass is 319 g/mol. The minimum atomic E-state index is -0.102. The Morgan fingerprint density at radius 2 is 1.87 bits per heavy atom. The smallest absolute Gasteiger partial charge is 0.224 e. The summed E-state index contributed by atoms with van der Waals surface area (Å²) in [6.45, 7) is 7.44.